The monoisotopic (exact) mass is 355 g/mol. The van der Waals surface area contributed by atoms with E-state index in [4.69, 9.17) is 27.8 Å². The number of hydrogen-bond acceptors (Lipinski definition) is 5. The summed E-state index contributed by atoms with van der Waals surface area (Å²) in [7, 11) is 1.55. The molecule has 0 atom stereocenters. The maximum absolute atomic E-state index is 12.5. The molecule has 2 heterocycles. The fourth-order valence-electron chi connectivity index (χ4n) is 2.87. The first kappa shape index (κ1) is 15.3. The fourth-order valence-corrected chi connectivity index (χ4v) is 3.06. The molecule has 0 radical (unpaired) electrons. The Hall–Kier alpha value is -3.19. The van der Waals surface area contributed by atoms with Crippen molar-refractivity contribution in [2.45, 2.75) is 0 Å². The summed E-state index contributed by atoms with van der Waals surface area (Å²) < 4.78 is 6.68. The number of halogens is 1. The van der Waals surface area contributed by atoms with Gasteiger partial charge in [0.2, 0.25) is 0 Å². The van der Waals surface area contributed by atoms with Crippen LogP contribution in [0.4, 0.5) is 11.5 Å². The number of aromatic amines is 1. The molecule has 2 aromatic carbocycles. The Balaban J connectivity index is 2.11. The highest BCUT2D eigenvalue weighted by molar-refractivity contribution is 6.32. The van der Waals surface area contributed by atoms with Crippen LogP contribution in [0, 0.1) is 0 Å². The van der Waals surface area contributed by atoms with Crippen molar-refractivity contribution in [1.29, 1.82) is 0 Å². The van der Waals surface area contributed by atoms with Crippen LogP contribution in [0.1, 0.15) is 0 Å². The summed E-state index contributed by atoms with van der Waals surface area (Å²) in [5.41, 5.74) is 13.8. The minimum Gasteiger partial charge on any atom is -0.497 e. The third-order valence-electron chi connectivity index (χ3n) is 4.08. The maximum atomic E-state index is 12.5. The van der Waals surface area contributed by atoms with Crippen LogP contribution in [0.3, 0.4) is 0 Å². The number of pyridine rings is 1. The van der Waals surface area contributed by atoms with Crippen LogP contribution >= 0.6 is 11.6 Å². The number of H-pyrrole nitrogens is 1. The molecule has 0 spiro atoms. The van der Waals surface area contributed by atoms with Crippen LogP contribution in [-0.2, 0) is 0 Å². The van der Waals surface area contributed by atoms with Crippen molar-refractivity contribution in [1.82, 2.24) is 14.8 Å². The molecule has 126 valence electrons. The predicted molar refractivity (Wildman–Crippen MR) is 99.6 cm³/mol. The molecule has 4 aromatic rings. The van der Waals surface area contributed by atoms with Crippen molar-refractivity contribution in [3.63, 3.8) is 0 Å². The number of fused-ring (bicyclic) bond motifs is 3. The fraction of sp³-hybridized carbons (Fsp3) is 0.0588. The van der Waals surface area contributed by atoms with Crippen molar-refractivity contribution in [3.05, 3.63) is 51.8 Å². The Labute approximate surface area is 146 Å². The average molecular weight is 356 g/mol. The van der Waals surface area contributed by atoms with Crippen molar-refractivity contribution >= 4 is 44.9 Å². The first-order valence-corrected chi connectivity index (χ1v) is 7.81. The molecular formula is C17H14ClN5O2. The van der Waals surface area contributed by atoms with E-state index in [2.05, 4.69) is 10.1 Å². The van der Waals surface area contributed by atoms with Crippen LogP contribution in [0.2, 0.25) is 5.02 Å². The molecule has 0 aliphatic heterocycles. The molecule has 0 aliphatic rings. The molecule has 25 heavy (non-hydrogen) atoms. The molecule has 0 unspecified atom stereocenters. The molecule has 8 heteroatoms. The Morgan fingerprint density at radius 1 is 1.20 bits per heavy atom. The van der Waals surface area contributed by atoms with Gasteiger partial charge in [-0.2, -0.15) is 5.10 Å². The van der Waals surface area contributed by atoms with E-state index in [1.807, 2.05) is 0 Å². The van der Waals surface area contributed by atoms with E-state index in [0.29, 0.717) is 38.6 Å². The summed E-state index contributed by atoms with van der Waals surface area (Å²) in [6.07, 6.45) is 0. The molecule has 0 amide bonds. The third-order valence-corrected chi connectivity index (χ3v) is 4.40. The van der Waals surface area contributed by atoms with Gasteiger partial charge in [-0.15, -0.1) is 0 Å². The van der Waals surface area contributed by atoms with Gasteiger partial charge in [0, 0.05) is 17.1 Å². The highest BCUT2D eigenvalue weighted by atomic mass is 35.5. The molecule has 0 aliphatic carbocycles. The molecule has 2 aromatic heterocycles. The number of rotatable bonds is 2. The lowest BCUT2D eigenvalue weighted by atomic mass is 10.1. The second-order valence-corrected chi connectivity index (χ2v) is 6.00. The largest absolute Gasteiger partial charge is 0.497 e. The van der Waals surface area contributed by atoms with Gasteiger partial charge in [0.25, 0.3) is 5.56 Å². The lowest BCUT2D eigenvalue weighted by molar-refractivity contribution is 0.414. The molecule has 5 N–H and O–H groups in total. The van der Waals surface area contributed by atoms with Gasteiger partial charge < -0.3 is 21.2 Å². The SMILES string of the molecule is COc1ccc(Cl)c(-n2nc3c(c2N)c(=O)[nH]c2cc(N)ccc23)c1. The number of aromatic nitrogens is 3. The zero-order valence-corrected chi connectivity index (χ0v) is 14.0. The molecular weight excluding hydrogens is 342 g/mol. The Morgan fingerprint density at radius 2 is 2.00 bits per heavy atom. The average Bonchev–Trinajstić information content (AvgIpc) is 2.93. The quantitative estimate of drug-likeness (QED) is 0.478. The summed E-state index contributed by atoms with van der Waals surface area (Å²) in [6.45, 7) is 0. The van der Waals surface area contributed by atoms with Gasteiger partial charge >= 0.3 is 0 Å². The van der Waals surface area contributed by atoms with E-state index in [1.54, 1.807) is 43.5 Å². The van der Waals surface area contributed by atoms with E-state index >= 15 is 0 Å². The van der Waals surface area contributed by atoms with E-state index < -0.39 is 0 Å². The van der Waals surface area contributed by atoms with Gasteiger partial charge in [-0.1, -0.05) is 11.6 Å². The number of nitrogens with zero attached hydrogens (tertiary/aromatic N) is 2. The first-order valence-electron chi connectivity index (χ1n) is 7.43. The number of nitrogens with two attached hydrogens (primary N) is 2. The first-order chi connectivity index (χ1) is 12.0. The zero-order chi connectivity index (χ0) is 17.7. The molecule has 0 saturated heterocycles. The van der Waals surface area contributed by atoms with E-state index in [1.165, 1.54) is 4.68 Å². The second kappa shape index (κ2) is 5.42. The van der Waals surface area contributed by atoms with Crippen molar-refractivity contribution in [2.24, 2.45) is 0 Å². The van der Waals surface area contributed by atoms with Gasteiger partial charge in [0.1, 0.15) is 22.5 Å². The lowest BCUT2D eigenvalue weighted by Crippen LogP contribution is -2.08. The number of ether oxygens (including phenoxy) is 1. The van der Waals surface area contributed by atoms with Gasteiger partial charge in [-0.3, -0.25) is 4.79 Å². The Bertz CT molecular complexity index is 1200. The number of nitrogen functional groups attached to an aromatic ring is 2. The number of anilines is 2. The third kappa shape index (κ3) is 2.28. The molecule has 7 nitrogen and oxygen atoms in total. The standard InChI is InChI=1S/C17H14ClN5O2/c1-25-9-3-5-11(18)13(7-9)23-16(20)14-15(22-23)10-4-2-8(19)6-12(10)21-17(14)24/h2-7H,19-20H2,1H3,(H,21,24). The molecule has 0 bridgehead atoms. The van der Waals surface area contributed by atoms with Gasteiger partial charge in [0.15, 0.2) is 0 Å². The summed E-state index contributed by atoms with van der Waals surface area (Å²) >= 11 is 6.29. The highest BCUT2D eigenvalue weighted by Crippen LogP contribution is 2.31. The van der Waals surface area contributed by atoms with Crippen LogP contribution in [-0.4, -0.2) is 21.9 Å². The van der Waals surface area contributed by atoms with Crippen LogP contribution < -0.4 is 21.8 Å². The predicted octanol–water partition coefficient (Wildman–Crippen LogP) is 2.69. The molecule has 0 fully saturated rings. The van der Waals surface area contributed by atoms with E-state index in [0.717, 1.165) is 5.39 Å². The normalized spacial score (nSPS) is 11.3. The van der Waals surface area contributed by atoms with Crippen LogP contribution in [0.25, 0.3) is 27.5 Å². The summed E-state index contributed by atoms with van der Waals surface area (Å²) in [5.74, 6) is 0.801. The Morgan fingerprint density at radius 3 is 2.76 bits per heavy atom. The zero-order valence-electron chi connectivity index (χ0n) is 13.2. The van der Waals surface area contributed by atoms with Gasteiger partial charge in [-0.25, -0.2) is 4.68 Å². The number of nitrogens with one attached hydrogen (secondary N) is 1. The van der Waals surface area contributed by atoms with Gasteiger partial charge in [0.05, 0.1) is 23.3 Å². The second-order valence-electron chi connectivity index (χ2n) is 5.60. The minimum atomic E-state index is -0.337. The van der Waals surface area contributed by atoms with Crippen LogP contribution in [0.5, 0.6) is 5.75 Å². The van der Waals surface area contributed by atoms with E-state index in [-0.39, 0.29) is 11.4 Å². The highest BCUT2D eigenvalue weighted by Gasteiger charge is 2.18. The number of methoxy groups -OCH3 is 1. The van der Waals surface area contributed by atoms with Crippen molar-refractivity contribution < 1.29 is 4.74 Å². The summed E-state index contributed by atoms with van der Waals surface area (Å²) in [4.78, 5) is 15.3. The van der Waals surface area contributed by atoms with Crippen molar-refractivity contribution in [3.8, 4) is 11.4 Å². The van der Waals surface area contributed by atoms with Crippen LogP contribution in [0.15, 0.2) is 41.2 Å². The minimum absolute atomic E-state index is 0.199. The number of hydrogen-bond donors (Lipinski definition) is 3. The summed E-state index contributed by atoms with van der Waals surface area (Å²) in [6, 6.07) is 10.4. The topological polar surface area (TPSA) is 112 Å². The molecule has 4 rings (SSSR count). The Kier molecular flexibility index (Phi) is 3.33. The van der Waals surface area contributed by atoms with E-state index in [9.17, 15) is 4.79 Å². The lowest BCUT2D eigenvalue weighted by Gasteiger charge is -2.08. The maximum Gasteiger partial charge on any atom is 0.261 e. The smallest absolute Gasteiger partial charge is 0.261 e. The van der Waals surface area contributed by atoms with Gasteiger partial charge in [-0.05, 0) is 30.3 Å². The van der Waals surface area contributed by atoms with Crippen molar-refractivity contribution in [2.75, 3.05) is 18.6 Å². The summed E-state index contributed by atoms with van der Waals surface area (Å²) in [5, 5.41) is 6.01. The molecule has 0 saturated carbocycles. The number of benzene rings is 2.